The molecule has 98 valence electrons. The van der Waals surface area contributed by atoms with Gasteiger partial charge in [-0.05, 0) is 32.7 Å². The highest BCUT2D eigenvalue weighted by atomic mass is 16.5. The molecule has 3 atom stereocenters. The molecule has 0 aromatic rings. The normalized spacial score (nSPS) is 31.6. The Kier molecular flexibility index (Phi) is 4.40. The van der Waals surface area contributed by atoms with Crippen molar-refractivity contribution in [2.24, 2.45) is 11.8 Å². The van der Waals surface area contributed by atoms with Gasteiger partial charge < -0.3 is 15.4 Å². The van der Waals surface area contributed by atoms with E-state index >= 15 is 0 Å². The highest BCUT2D eigenvalue weighted by Crippen LogP contribution is 2.27. The molecule has 0 aromatic carbocycles. The summed E-state index contributed by atoms with van der Waals surface area (Å²) >= 11 is 0. The zero-order valence-electron chi connectivity index (χ0n) is 10.9. The third kappa shape index (κ3) is 2.99. The molecule has 1 saturated heterocycles. The molecule has 4 nitrogen and oxygen atoms in total. The molecule has 2 N–H and O–H groups in total. The number of carbonyl (C=O) groups is 1. The molecule has 2 fully saturated rings. The van der Waals surface area contributed by atoms with E-state index in [1.54, 1.807) is 0 Å². The van der Waals surface area contributed by atoms with Crippen LogP contribution in [0, 0.1) is 11.8 Å². The summed E-state index contributed by atoms with van der Waals surface area (Å²) in [5.41, 5.74) is 0. The molecule has 0 spiro atoms. The summed E-state index contributed by atoms with van der Waals surface area (Å²) in [6, 6.07) is 0.480. The van der Waals surface area contributed by atoms with Gasteiger partial charge in [0.15, 0.2) is 0 Å². The number of amides is 1. The third-order valence-corrected chi connectivity index (χ3v) is 4.26. The van der Waals surface area contributed by atoms with Gasteiger partial charge in [0.25, 0.3) is 0 Å². The van der Waals surface area contributed by atoms with Crippen LogP contribution >= 0.6 is 0 Å². The molecule has 4 heteroatoms. The molecule has 0 aromatic heterocycles. The van der Waals surface area contributed by atoms with Crippen molar-refractivity contribution in [3.63, 3.8) is 0 Å². The lowest BCUT2D eigenvalue weighted by Gasteiger charge is -2.23. The first-order valence-electron chi connectivity index (χ1n) is 6.77. The molecule has 1 aliphatic heterocycles. The molecule has 1 heterocycles. The number of hydrogen-bond acceptors (Lipinski definition) is 3. The summed E-state index contributed by atoms with van der Waals surface area (Å²) in [5, 5.41) is 6.32. The minimum absolute atomic E-state index is 0.0242. The zero-order chi connectivity index (χ0) is 12.3. The molecule has 2 rings (SSSR count). The van der Waals surface area contributed by atoms with E-state index in [2.05, 4.69) is 17.6 Å². The Bertz CT molecular complexity index is 264. The van der Waals surface area contributed by atoms with Gasteiger partial charge in [0.05, 0.1) is 19.1 Å². The van der Waals surface area contributed by atoms with Gasteiger partial charge in [-0.3, -0.25) is 4.79 Å². The Morgan fingerprint density at radius 3 is 2.65 bits per heavy atom. The Hall–Kier alpha value is -0.610. The van der Waals surface area contributed by atoms with Gasteiger partial charge in [-0.25, -0.2) is 0 Å². The molecule has 3 unspecified atom stereocenters. The van der Waals surface area contributed by atoms with Crippen molar-refractivity contribution in [3.05, 3.63) is 0 Å². The van der Waals surface area contributed by atoms with E-state index in [1.807, 2.05) is 7.05 Å². The largest absolute Gasteiger partial charge is 0.379 e. The number of carbonyl (C=O) groups excluding carboxylic acids is 1. The monoisotopic (exact) mass is 240 g/mol. The molecule has 1 saturated carbocycles. The van der Waals surface area contributed by atoms with E-state index in [9.17, 15) is 4.79 Å². The van der Waals surface area contributed by atoms with Crippen molar-refractivity contribution in [1.82, 2.24) is 10.6 Å². The minimum Gasteiger partial charge on any atom is -0.379 e. The van der Waals surface area contributed by atoms with Gasteiger partial charge in [0.2, 0.25) is 5.91 Å². The van der Waals surface area contributed by atoms with Crippen LogP contribution in [0.15, 0.2) is 0 Å². The van der Waals surface area contributed by atoms with Crippen LogP contribution in [-0.2, 0) is 9.53 Å². The quantitative estimate of drug-likeness (QED) is 0.768. The second kappa shape index (κ2) is 5.83. The highest BCUT2D eigenvalue weighted by molar-refractivity contribution is 5.80. The topological polar surface area (TPSA) is 50.4 Å². The van der Waals surface area contributed by atoms with Crippen molar-refractivity contribution < 1.29 is 9.53 Å². The van der Waals surface area contributed by atoms with Gasteiger partial charge in [0, 0.05) is 12.1 Å². The maximum Gasteiger partial charge on any atom is 0.227 e. The predicted molar refractivity (Wildman–Crippen MR) is 66.7 cm³/mol. The number of hydrogen-bond donors (Lipinski definition) is 2. The molecular weight excluding hydrogens is 216 g/mol. The first-order valence-corrected chi connectivity index (χ1v) is 6.77. The summed E-state index contributed by atoms with van der Waals surface area (Å²) in [5.74, 6) is 0.805. The first kappa shape index (κ1) is 12.8. The van der Waals surface area contributed by atoms with Crippen LogP contribution < -0.4 is 10.6 Å². The second-order valence-electron chi connectivity index (χ2n) is 5.38. The highest BCUT2D eigenvalue weighted by Gasteiger charge is 2.34. The molecule has 1 amide bonds. The van der Waals surface area contributed by atoms with Crippen LogP contribution in [0.2, 0.25) is 0 Å². The summed E-state index contributed by atoms with van der Waals surface area (Å²) in [7, 11) is 1.89. The van der Waals surface area contributed by atoms with Crippen molar-refractivity contribution in [3.8, 4) is 0 Å². The van der Waals surface area contributed by atoms with Crippen molar-refractivity contribution in [1.29, 1.82) is 0 Å². The lowest BCUT2D eigenvalue weighted by Crippen LogP contribution is -2.46. The number of likely N-dealkylation sites (N-methyl/N-ethyl adjacent to an activating group) is 1. The van der Waals surface area contributed by atoms with Crippen LogP contribution in [0.1, 0.15) is 32.6 Å². The fraction of sp³-hybridized carbons (Fsp3) is 0.923. The third-order valence-electron chi connectivity index (χ3n) is 4.26. The van der Waals surface area contributed by atoms with E-state index in [0.717, 1.165) is 0 Å². The Morgan fingerprint density at radius 1 is 1.29 bits per heavy atom. The van der Waals surface area contributed by atoms with Crippen LogP contribution in [0.3, 0.4) is 0 Å². The number of nitrogens with one attached hydrogen (secondary N) is 2. The van der Waals surface area contributed by atoms with Crippen molar-refractivity contribution >= 4 is 5.91 Å². The van der Waals surface area contributed by atoms with E-state index in [4.69, 9.17) is 4.74 Å². The summed E-state index contributed by atoms with van der Waals surface area (Å²) < 4.78 is 5.37. The van der Waals surface area contributed by atoms with Crippen LogP contribution in [-0.4, -0.2) is 38.3 Å². The lowest BCUT2D eigenvalue weighted by molar-refractivity contribution is -0.126. The van der Waals surface area contributed by atoms with Gasteiger partial charge in [-0.15, -0.1) is 0 Å². The van der Waals surface area contributed by atoms with E-state index in [1.165, 1.54) is 25.7 Å². The van der Waals surface area contributed by atoms with Gasteiger partial charge in [-0.2, -0.15) is 0 Å². The van der Waals surface area contributed by atoms with Crippen LogP contribution in [0.4, 0.5) is 0 Å². The number of rotatable bonds is 4. The molecule has 1 aliphatic carbocycles. The van der Waals surface area contributed by atoms with E-state index in [0.29, 0.717) is 25.2 Å². The maximum absolute atomic E-state index is 12.2. The Morgan fingerprint density at radius 2 is 2.00 bits per heavy atom. The minimum atomic E-state index is -0.0242. The maximum atomic E-state index is 12.2. The standard InChI is InChI=1S/C13H24N2O2/c1-9(10-5-3-4-6-10)15-13(16)11-7-17-8-12(11)14-2/h9-12,14H,3-8H2,1-2H3,(H,15,16). The first-order chi connectivity index (χ1) is 8.22. The summed E-state index contributed by atoms with van der Waals surface area (Å²) in [4.78, 5) is 12.2. The van der Waals surface area contributed by atoms with Crippen molar-refractivity contribution in [2.75, 3.05) is 20.3 Å². The summed E-state index contributed by atoms with van der Waals surface area (Å²) in [6.45, 7) is 3.33. The second-order valence-corrected chi connectivity index (χ2v) is 5.38. The Balaban J connectivity index is 1.83. The zero-order valence-corrected chi connectivity index (χ0v) is 10.9. The van der Waals surface area contributed by atoms with E-state index < -0.39 is 0 Å². The number of ether oxygens (including phenoxy) is 1. The molecule has 2 aliphatic rings. The molecular formula is C13H24N2O2. The molecule has 17 heavy (non-hydrogen) atoms. The van der Waals surface area contributed by atoms with Crippen molar-refractivity contribution in [2.45, 2.75) is 44.7 Å². The fourth-order valence-corrected chi connectivity index (χ4v) is 3.00. The van der Waals surface area contributed by atoms with Gasteiger partial charge >= 0.3 is 0 Å². The summed E-state index contributed by atoms with van der Waals surface area (Å²) in [6.07, 6.45) is 5.16. The van der Waals surface area contributed by atoms with Crippen LogP contribution in [0.5, 0.6) is 0 Å². The predicted octanol–water partition coefficient (Wildman–Crippen LogP) is 0.916. The fourth-order valence-electron chi connectivity index (χ4n) is 3.00. The SMILES string of the molecule is CNC1COCC1C(=O)NC(C)C1CCCC1. The molecule has 0 radical (unpaired) electrons. The smallest absolute Gasteiger partial charge is 0.227 e. The average Bonchev–Trinajstić information content (AvgIpc) is 2.99. The Labute approximate surface area is 103 Å². The van der Waals surface area contributed by atoms with E-state index in [-0.39, 0.29) is 17.9 Å². The average molecular weight is 240 g/mol. The molecule has 0 bridgehead atoms. The van der Waals surface area contributed by atoms with Crippen LogP contribution in [0.25, 0.3) is 0 Å². The van der Waals surface area contributed by atoms with Gasteiger partial charge in [0.1, 0.15) is 0 Å². The lowest BCUT2D eigenvalue weighted by atomic mass is 9.97. The van der Waals surface area contributed by atoms with Gasteiger partial charge in [-0.1, -0.05) is 12.8 Å².